The molecule has 0 aromatic heterocycles. The second-order valence-corrected chi connectivity index (χ2v) is 6.65. The van der Waals surface area contributed by atoms with Crippen molar-refractivity contribution in [3.63, 3.8) is 0 Å². The molecule has 2 rings (SSSR count). The summed E-state index contributed by atoms with van der Waals surface area (Å²) in [5.74, 6) is 0.585. The van der Waals surface area contributed by atoms with Gasteiger partial charge in [-0.15, -0.1) is 0 Å². The predicted molar refractivity (Wildman–Crippen MR) is 109 cm³/mol. The first-order chi connectivity index (χ1) is 12.9. The number of amides is 1. The van der Waals surface area contributed by atoms with Crippen LogP contribution in [0, 0.1) is 11.3 Å². The molecule has 0 aliphatic rings. The molecule has 0 aliphatic heterocycles. The Morgan fingerprint density at radius 2 is 1.67 bits per heavy atom. The summed E-state index contributed by atoms with van der Waals surface area (Å²) in [6.07, 6.45) is -0.737. The first-order valence-corrected chi connectivity index (χ1v) is 8.93. The van der Waals surface area contributed by atoms with Crippen molar-refractivity contribution >= 4 is 28.9 Å². The summed E-state index contributed by atoms with van der Waals surface area (Å²) in [4.78, 5) is 12.1. The zero-order valence-electron chi connectivity index (χ0n) is 15.4. The number of thiocarbonyl (C=S) groups is 1. The van der Waals surface area contributed by atoms with Crippen LogP contribution >= 0.6 is 12.2 Å². The van der Waals surface area contributed by atoms with Crippen molar-refractivity contribution in [3.8, 4) is 11.8 Å². The average Bonchev–Trinajstić information content (AvgIpc) is 2.67. The fraction of sp³-hybridized carbons (Fsp3) is 0.250. The van der Waals surface area contributed by atoms with Gasteiger partial charge in [0.25, 0.3) is 5.91 Å². The number of nitrogens with one attached hydrogen (secondary N) is 3. The van der Waals surface area contributed by atoms with E-state index in [1.165, 1.54) is 5.56 Å². The van der Waals surface area contributed by atoms with Crippen molar-refractivity contribution < 1.29 is 9.53 Å². The summed E-state index contributed by atoms with van der Waals surface area (Å²) < 4.78 is 5.54. The standard InChI is InChI=1S/C20H22N4O2S/c1-13(2)16-6-8-17(9-7-16)22-20(27)24-23-19(25)14(3)26-18-10-4-15(12-21)5-11-18/h4-11,13-14H,1-3H3,(H,23,25)(H2,22,24,27)/t14-/m0/s1. The Hall–Kier alpha value is -3.11. The quantitative estimate of drug-likeness (QED) is 0.542. The highest BCUT2D eigenvalue weighted by Crippen LogP contribution is 2.17. The molecule has 0 fully saturated rings. The van der Waals surface area contributed by atoms with E-state index >= 15 is 0 Å². The highest BCUT2D eigenvalue weighted by atomic mass is 32.1. The van der Waals surface area contributed by atoms with Gasteiger partial charge in [0.1, 0.15) is 5.75 Å². The molecular weight excluding hydrogens is 360 g/mol. The minimum atomic E-state index is -0.737. The number of hydrogen-bond donors (Lipinski definition) is 3. The maximum absolute atomic E-state index is 12.1. The summed E-state index contributed by atoms with van der Waals surface area (Å²) in [6.45, 7) is 5.88. The Kier molecular flexibility index (Phi) is 7.15. The van der Waals surface area contributed by atoms with Crippen LogP contribution in [0.4, 0.5) is 5.69 Å². The molecule has 0 bridgehead atoms. The van der Waals surface area contributed by atoms with E-state index in [1.807, 2.05) is 30.3 Å². The zero-order valence-corrected chi connectivity index (χ0v) is 16.3. The molecule has 6 nitrogen and oxygen atoms in total. The topological polar surface area (TPSA) is 86.2 Å². The Morgan fingerprint density at radius 1 is 1.04 bits per heavy atom. The first kappa shape index (κ1) is 20.2. The van der Waals surface area contributed by atoms with Gasteiger partial charge in [-0.1, -0.05) is 26.0 Å². The third-order valence-corrected chi connectivity index (χ3v) is 4.00. The summed E-state index contributed by atoms with van der Waals surface area (Å²) in [5.41, 5.74) is 7.75. The van der Waals surface area contributed by atoms with Gasteiger partial charge in [-0.3, -0.25) is 15.6 Å². The number of hydrazine groups is 1. The van der Waals surface area contributed by atoms with Gasteiger partial charge in [0.15, 0.2) is 11.2 Å². The van der Waals surface area contributed by atoms with Crippen LogP contribution in [0.3, 0.4) is 0 Å². The molecule has 0 spiro atoms. The van der Waals surface area contributed by atoms with Gasteiger partial charge in [0, 0.05) is 5.69 Å². The van der Waals surface area contributed by atoms with E-state index in [-0.39, 0.29) is 11.0 Å². The smallest absolute Gasteiger partial charge is 0.279 e. The van der Waals surface area contributed by atoms with E-state index in [4.69, 9.17) is 22.2 Å². The molecule has 0 radical (unpaired) electrons. The molecule has 1 atom stereocenters. The largest absolute Gasteiger partial charge is 0.481 e. The van der Waals surface area contributed by atoms with Gasteiger partial charge in [-0.05, 0) is 67.0 Å². The molecule has 140 valence electrons. The lowest BCUT2D eigenvalue weighted by Gasteiger charge is -2.16. The number of carbonyl (C=O) groups excluding carboxylic acids is 1. The molecule has 0 heterocycles. The second-order valence-electron chi connectivity index (χ2n) is 6.24. The van der Waals surface area contributed by atoms with Crippen LogP contribution in [0.1, 0.15) is 37.8 Å². The molecule has 0 aliphatic carbocycles. The molecule has 27 heavy (non-hydrogen) atoms. The lowest BCUT2D eigenvalue weighted by molar-refractivity contribution is -0.127. The van der Waals surface area contributed by atoms with Crippen molar-refractivity contribution in [1.82, 2.24) is 10.9 Å². The van der Waals surface area contributed by atoms with Gasteiger partial charge in [-0.25, -0.2) is 0 Å². The molecule has 0 saturated heterocycles. The van der Waals surface area contributed by atoms with Gasteiger partial charge in [0.2, 0.25) is 0 Å². The van der Waals surface area contributed by atoms with Crippen molar-refractivity contribution in [1.29, 1.82) is 5.26 Å². The first-order valence-electron chi connectivity index (χ1n) is 8.52. The summed E-state index contributed by atoms with van der Waals surface area (Å²) in [6, 6.07) is 16.5. The minimum absolute atomic E-state index is 0.270. The summed E-state index contributed by atoms with van der Waals surface area (Å²) in [7, 11) is 0. The third kappa shape index (κ3) is 6.28. The number of carbonyl (C=O) groups is 1. The van der Waals surface area contributed by atoms with E-state index in [0.717, 1.165) is 5.69 Å². The number of nitrogens with zero attached hydrogens (tertiary/aromatic N) is 1. The van der Waals surface area contributed by atoms with Crippen molar-refractivity contribution in [2.45, 2.75) is 32.8 Å². The van der Waals surface area contributed by atoms with Crippen LogP contribution in [0.15, 0.2) is 48.5 Å². The lowest BCUT2D eigenvalue weighted by Crippen LogP contribution is -2.48. The maximum Gasteiger partial charge on any atom is 0.279 e. The Bertz CT molecular complexity index is 827. The number of nitriles is 1. The SMILES string of the molecule is CC(C)c1ccc(NC(=S)NNC(=O)[C@H](C)Oc2ccc(C#N)cc2)cc1. The monoisotopic (exact) mass is 382 g/mol. The second kappa shape index (κ2) is 9.55. The average molecular weight is 382 g/mol. The minimum Gasteiger partial charge on any atom is -0.481 e. The van der Waals surface area contributed by atoms with E-state index in [1.54, 1.807) is 31.2 Å². The molecule has 0 unspecified atom stereocenters. The number of benzene rings is 2. The van der Waals surface area contributed by atoms with Crippen molar-refractivity contribution in [3.05, 3.63) is 59.7 Å². The van der Waals surface area contributed by atoms with Gasteiger partial charge in [-0.2, -0.15) is 5.26 Å². The van der Waals surface area contributed by atoms with E-state index in [2.05, 4.69) is 30.0 Å². The highest BCUT2D eigenvalue weighted by Gasteiger charge is 2.14. The molecular formula is C20H22N4O2S. The summed E-state index contributed by atoms with van der Waals surface area (Å²) >= 11 is 5.17. The Morgan fingerprint density at radius 3 is 2.22 bits per heavy atom. The van der Waals surface area contributed by atoms with Gasteiger partial charge >= 0.3 is 0 Å². The van der Waals surface area contributed by atoms with Crippen LogP contribution in [0.2, 0.25) is 0 Å². The van der Waals surface area contributed by atoms with Crippen LogP contribution in [0.25, 0.3) is 0 Å². The molecule has 1 amide bonds. The van der Waals surface area contributed by atoms with E-state index < -0.39 is 6.10 Å². The van der Waals surface area contributed by atoms with Crippen LogP contribution in [0.5, 0.6) is 5.75 Å². The molecule has 0 saturated carbocycles. The Labute approximate surface area is 164 Å². The normalized spacial score (nSPS) is 11.2. The van der Waals surface area contributed by atoms with E-state index in [0.29, 0.717) is 17.2 Å². The maximum atomic E-state index is 12.1. The number of hydrogen-bond acceptors (Lipinski definition) is 4. The Balaban J connectivity index is 1.79. The molecule has 2 aromatic rings. The summed E-state index contributed by atoms with van der Waals surface area (Å²) in [5, 5.41) is 12.1. The zero-order chi connectivity index (χ0) is 19.8. The van der Waals surface area contributed by atoms with Gasteiger partial charge in [0.05, 0.1) is 11.6 Å². The number of ether oxygens (including phenoxy) is 1. The van der Waals surface area contributed by atoms with Crippen LogP contribution in [-0.4, -0.2) is 17.1 Å². The molecule has 7 heteroatoms. The lowest BCUT2D eigenvalue weighted by atomic mass is 10.0. The highest BCUT2D eigenvalue weighted by molar-refractivity contribution is 7.80. The fourth-order valence-electron chi connectivity index (χ4n) is 2.20. The predicted octanol–water partition coefficient (Wildman–Crippen LogP) is 3.47. The van der Waals surface area contributed by atoms with E-state index in [9.17, 15) is 4.79 Å². The van der Waals surface area contributed by atoms with Crippen molar-refractivity contribution in [2.75, 3.05) is 5.32 Å². The number of anilines is 1. The third-order valence-electron chi connectivity index (χ3n) is 3.80. The fourth-order valence-corrected chi connectivity index (χ4v) is 2.37. The molecule has 3 N–H and O–H groups in total. The van der Waals surface area contributed by atoms with Crippen LogP contribution in [-0.2, 0) is 4.79 Å². The number of rotatable bonds is 5. The van der Waals surface area contributed by atoms with Crippen LogP contribution < -0.4 is 20.9 Å². The van der Waals surface area contributed by atoms with Crippen molar-refractivity contribution in [2.24, 2.45) is 0 Å². The van der Waals surface area contributed by atoms with Gasteiger partial charge < -0.3 is 10.1 Å². The molecule has 2 aromatic carbocycles.